The van der Waals surface area contributed by atoms with Crippen molar-refractivity contribution in [1.29, 1.82) is 0 Å². The molecule has 6 heteroatoms. The maximum atomic E-state index is 15.8. The molecule has 5 rings (SSSR count). The van der Waals surface area contributed by atoms with Crippen LogP contribution >= 0.6 is 0 Å². The van der Waals surface area contributed by atoms with Crippen molar-refractivity contribution < 1.29 is 26.7 Å². The lowest BCUT2D eigenvalue weighted by atomic mass is 9.73. The fourth-order valence-electron chi connectivity index (χ4n) is 8.18. The van der Waals surface area contributed by atoms with E-state index in [1.165, 1.54) is 76.3 Å². The molecule has 0 bridgehead atoms. The number of hydrogen-bond acceptors (Lipinski definition) is 1. The minimum absolute atomic E-state index is 0.158. The summed E-state index contributed by atoms with van der Waals surface area (Å²) in [5, 5.41) is 0. The molecule has 1 unspecified atom stereocenters. The molecule has 3 aliphatic rings. The summed E-state index contributed by atoms with van der Waals surface area (Å²) in [6.07, 6.45) is 13.9. The zero-order valence-electron chi connectivity index (χ0n) is 25.1. The molecule has 0 aliphatic heterocycles. The maximum absolute atomic E-state index is 15.8. The first-order chi connectivity index (χ1) is 20.2. The third-order valence-electron chi connectivity index (χ3n) is 10.6. The Morgan fingerprint density at radius 2 is 1.36 bits per heavy atom. The SMILES string of the molecule is CCCCCC1CCC(CCC2CCc3c(cc(F)c(C4CCC(c5ccc(OC(F)(F)F)cc5)CC4)c3F)C2)CC1. The molecule has 0 amide bonds. The Balaban J connectivity index is 1.12. The van der Waals surface area contributed by atoms with Crippen LogP contribution in [0.15, 0.2) is 30.3 Å². The van der Waals surface area contributed by atoms with Crippen LogP contribution in [0.5, 0.6) is 5.75 Å². The van der Waals surface area contributed by atoms with E-state index in [1.54, 1.807) is 18.2 Å². The molecule has 0 heterocycles. The number of benzene rings is 2. The Hall–Kier alpha value is -2.11. The third-order valence-corrected chi connectivity index (χ3v) is 10.6. The highest BCUT2D eigenvalue weighted by molar-refractivity contribution is 5.39. The van der Waals surface area contributed by atoms with Gasteiger partial charge in [0.05, 0.1) is 0 Å². The molecule has 2 fully saturated rings. The van der Waals surface area contributed by atoms with Crippen LogP contribution in [0.1, 0.15) is 137 Å². The number of rotatable bonds is 10. The highest BCUT2D eigenvalue weighted by atomic mass is 19.4. The van der Waals surface area contributed by atoms with Crippen LogP contribution in [0.25, 0.3) is 0 Å². The number of fused-ring (bicyclic) bond motifs is 1. The second-order valence-electron chi connectivity index (χ2n) is 13.5. The Morgan fingerprint density at radius 3 is 2.00 bits per heavy atom. The molecular formula is C36H47F5O. The summed E-state index contributed by atoms with van der Waals surface area (Å²) in [4.78, 5) is 0. The predicted molar refractivity (Wildman–Crippen MR) is 158 cm³/mol. The molecule has 0 spiro atoms. The molecular weight excluding hydrogens is 543 g/mol. The van der Waals surface area contributed by atoms with Crippen LogP contribution in [0.2, 0.25) is 0 Å². The molecule has 2 saturated carbocycles. The number of ether oxygens (including phenoxy) is 1. The average molecular weight is 591 g/mol. The summed E-state index contributed by atoms with van der Waals surface area (Å²) >= 11 is 0. The Labute approximate surface area is 248 Å². The molecule has 3 aliphatic carbocycles. The molecule has 1 nitrogen and oxygen atoms in total. The lowest BCUT2D eigenvalue weighted by molar-refractivity contribution is -0.274. The van der Waals surface area contributed by atoms with Crippen LogP contribution in [0.4, 0.5) is 22.0 Å². The minimum atomic E-state index is -4.71. The van der Waals surface area contributed by atoms with Gasteiger partial charge in [0, 0.05) is 5.56 Å². The lowest BCUT2D eigenvalue weighted by Gasteiger charge is -2.32. The van der Waals surface area contributed by atoms with Crippen LogP contribution in [0, 0.1) is 29.4 Å². The minimum Gasteiger partial charge on any atom is -0.406 e. The number of unbranched alkanes of at least 4 members (excludes halogenated alkanes) is 2. The van der Waals surface area contributed by atoms with Gasteiger partial charge in [-0.2, -0.15) is 0 Å². The monoisotopic (exact) mass is 590 g/mol. The summed E-state index contributed by atoms with van der Waals surface area (Å²) in [5.41, 5.74) is 2.81. The summed E-state index contributed by atoms with van der Waals surface area (Å²) in [6, 6.07) is 7.65. The molecule has 2 aromatic rings. The van der Waals surface area contributed by atoms with Gasteiger partial charge in [-0.3, -0.25) is 0 Å². The Morgan fingerprint density at radius 1 is 0.738 bits per heavy atom. The molecule has 42 heavy (non-hydrogen) atoms. The summed E-state index contributed by atoms with van der Waals surface area (Å²) in [5.74, 6) is 1.33. The quantitative estimate of drug-likeness (QED) is 0.198. The average Bonchev–Trinajstić information content (AvgIpc) is 2.97. The second-order valence-corrected chi connectivity index (χ2v) is 13.5. The fourth-order valence-corrected chi connectivity index (χ4v) is 8.18. The second kappa shape index (κ2) is 14.1. The normalized spacial score (nSPS) is 26.6. The standard InChI is InChI=1S/C36H47F5O/c1-2-3-4-5-24-6-8-25(9-7-24)10-11-26-12-21-32-30(22-26)23-33(37)34(35(32)38)29-15-13-27(14-16-29)28-17-19-31(20-18-28)42-36(39,40)41/h17-20,23-27,29H,2-16,21-22H2,1H3. The number of hydrogen-bond donors (Lipinski definition) is 0. The van der Waals surface area contributed by atoms with E-state index in [2.05, 4.69) is 11.7 Å². The lowest BCUT2D eigenvalue weighted by Crippen LogP contribution is -2.21. The Kier molecular flexibility index (Phi) is 10.5. The van der Waals surface area contributed by atoms with Crippen molar-refractivity contribution in [2.24, 2.45) is 17.8 Å². The zero-order valence-corrected chi connectivity index (χ0v) is 25.1. The van der Waals surface area contributed by atoms with Crippen LogP contribution in [-0.4, -0.2) is 6.36 Å². The van der Waals surface area contributed by atoms with Gasteiger partial charge in [-0.15, -0.1) is 13.2 Å². The van der Waals surface area contributed by atoms with Crippen molar-refractivity contribution in [3.05, 3.63) is 64.2 Å². The van der Waals surface area contributed by atoms with Crippen molar-refractivity contribution in [2.45, 2.75) is 134 Å². The Bertz CT molecular complexity index is 1140. The van der Waals surface area contributed by atoms with Crippen LogP contribution < -0.4 is 4.74 Å². The first kappa shape index (κ1) is 31.3. The first-order valence-electron chi connectivity index (χ1n) is 16.6. The van der Waals surface area contributed by atoms with E-state index in [1.807, 2.05) is 0 Å². The van der Waals surface area contributed by atoms with E-state index in [0.29, 0.717) is 25.2 Å². The largest absolute Gasteiger partial charge is 0.573 e. The third kappa shape index (κ3) is 8.08. The van der Waals surface area contributed by atoms with E-state index in [4.69, 9.17) is 0 Å². The van der Waals surface area contributed by atoms with Crippen molar-refractivity contribution >= 4 is 0 Å². The van der Waals surface area contributed by atoms with Gasteiger partial charge in [0.15, 0.2) is 0 Å². The van der Waals surface area contributed by atoms with Crippen LogP contribution in [-0.2, 0) is 12.8 Å². The van der Waals surface area contributed by atoms with Crippen molar-refractivity contribution in [3.8, 4) is 5.75 Å². The molecule has 232 valence electrons. The smallest absolute Gasteiger partial charge is 0.406 e. The van der Waals surface area contributed by atoms with Crippen molar-refractivity contribution in [1.82, 2.24) is 0 Å². The predicted octanol–water partition coefficient (Wildman–Crippen LogP) is 11.6. The van der Waals surface area contributed by atoms with Gasteiger partial charge in [-0.1, -0.05) is 76.8 Å². The molecule has 1 atom stereocenters. The van der Waals surface area contributed by atoms with Gasteiger partial charge in [-0.25, -0.2) is 8.78 Å². The van der Waals surface area contributed by atoms with Gasteiger partial charge < -0.3 is 4.74 Å². The highest BCUT2D eigenvalue weighted by Gasteiger charge is 2.33. The van der Waals surface area contributed by atoms with Crippen LogP contribution in [0.3, 0.4) is 0 Å². The fraction of sp³-hybridized carbons (Fsp3) is 0.667. The number of alkyl halides is 3. The van der Waals surface area contributed by atoms with Crippen molar-refractivity contribution in [2.75, 3.05) is 0 Å². The van der Waals surface area contributed by atoms with E-state index >= 15 is 8.78 Å². The van der Waals surface area contributed by atoms with Crippen molar-refractivity contribution in [3.63, 3.8) is 0 Å². The van der Waals surface area contributed by atoms with E-state index < -0.39 is 12.2 Å². The van der Waals surface area contributed by atoms with E-state index in [9.17, 15) is 13.2 Å². The first-order valence-corrected chi connectivity index (χ1v) is 16.6. The van der Waals surface area contributed by atoms with Gasteiger partial charge in [-0.05, 0) is 116 Å². The van der Waals surface area contributed by atoms with E-state index in [-0.39, 0.29) is 29.0 Å². The van der Waals surface area contributed by atoms with Gasteiger partial charge in [0.2, 0.25) is 0 Å². The molecule has 0 aromatic heterocycles. The summed E-state index contributed by atoms with van der Waals surface area (Å²) in [6.45, 7) is 2.27. The topological polar surface area (TPSA) is 9.23 Å². The van der Waals surface area contributed by atoms with E-state index in [0.717, 1.165) is 54.2 Å². The van der Waals surface area contributed by atoms with Gasteiger partial charge in [0.1, 0.15) is 17.4 Å². The number of halogens is 5. The zero-order chi connectivity index (χ0) is 29.7. The molecule has 0 saturated heterocycles. The summed E-state index contributed by atoms with van der Waals surface area (Å²) < 4.78 is 72.6. The maximum Gasteiger partial charge on any atom is 0.573 e. The molecule has 0 radical (unpaired) electrons. The molecule has 2 aromatic carbocycles. The molecule has 0 N–H and O–H groups in total. The van der Waals surface area contributed by atoms with Gasteiger partial charge >= 0.3 is 6.36 Å². The van der Waals surface area contributed by atoms with Gasteiger partial charge in [0.25, 0.3) is 0 Å². The highest BCUT2D eigenvalue weighted by Crippen LogP contribution is 2.44. The summed E-state index contributed by atoms with van der Waals surface area (Å²) in [7, 11) is 0.